The van der Waals surface area contributed by atoms with E-state index in [2.05, 4.69) is 9.97 Å². The summed E-state index contributed by atoms with van der Waals surface area (Å²) in [5.41, 5.74) is 3.05. The summed E-state index contributed by atoms with van der Waals surface area (Å²) in [6.07, 6.45) is 5.32. The molecule has 1 amide bonds. The molecule has 0 N–H and O–H groups in total. The molecule has 29 heavy (non-hydrogen) atoms. The second kappa shape index (κ2) is 7.50. The molecule has 0 aliphatic rings. The van der Waals surface area contributed by atoms with Crippen molar-refractivity contribution in [3.8, 4) is 0 Å². The van der Waals surface area contributed by atoms with Gasteiger partial charge in [0.15, 0.2) is 0 Å². The first-order valence-electron chi connectivity index (χ1n) is 9.74. The lowest BCUT2D eigenvalue weighted by atomic mass is 10.1. The molecular formula is C22H23N5O2. The molecule has 0 radical (unpaired) electrons. The second-order valence-electron chi connectivity index (χ2n) is 6.98. The topological polar surface area (TPSA) is 72.5 Å². The molecule has 0 saturated carbocycles. The average molecular weight is 389 g/mol. The molecule has 4 heterocycles. The molecule has 0 fully saturated rings. The van der Waals surface area contributed by atoms with Crippen LogP contribution >= 0.6 is 0 Å². The highest BCUT2D eigenvalue weighted by Crippen LogP contribution is 2.14. The third-order valence-corrected chi connectivity index (χ3v) is 5.15. The molecule has 0 atom stereocenters. The predicted octanol–water partition coefficient (Wildman–Crippen LogP) is 3.03. The summed E-state index contributed by atoms with van der Waals surface area (Å²) in [5.74, 6) is -0.284. The van der Waals surface area contributed by atoms with Crippen LogP contribution in [0.1, 0.15) is 35.6 Å². The number of fused-ring (bicyclic) bond motifs is 2. The first kappa shape index (κ1) is 18.9. The molecule has 7 heteroatoms. The van der Waals surface area contributed by atoms with E-state index < -0.39 is 0 Å². The van der Waals surface area contributed by atoms with Gasteiger partial charge in [-0.3, -0.25) is 9.59 Å². The van der Waals surface area contributed by atoms with E-state index in [9.17, 15) is 9.59 Å². The maximum absolute atomic E-state index is 13.3. The van der Waals surface area contributed by atoms with Crippen LogP contribution in [-0.4, -0.2) is 36.3 Å². The van der Waals surface area contributed by atoms with Gasteiger partial charge >= 0.3 is 0 Å². The first-order chi connectivity index (χ1) is 14.0. The SMILES string of the molecule is CCN(Cc1cnc2ccccn12)C(=O)c1cn(CC)c2nc(C)ccc2c1=O. The third-order valence-electron chi connectivity index (χ3n) is 5.15. The molecule has 4 aromatic rings. The monoisotopic (exact) mass is 389 g/mol. The van der Waals surface area contributed by atoms with E-state index in [1.54, 1.807) is 29.4 Å². The molecule has 4 rings (SSSR count). The second-order valence-corrected chi connectivity index (χ2v) is 6.98. The summed E-state index contributed by atoms with van der Waals surface area (Å²) in [7, 11) is 0. The number of carbonyl (C=O) groups is 1. The van der Waals surface area contributed by atoms with Crippen molar-refractivity contribution in [2.45, 2.75) is 33.9 Å². The maximum Gasteiger partial charge on any atom is 0.259 e. The van der Waals surface area contributed by atoms with Gasteiger partial charge < -0.3 is 13.9 Å². The molecule has 4 aromatic heterocycles. The number of carbonyl (C=O) groups excluding carboxylic acids is 1. The van der Waals surface area contributed by atoms with Crippen molar-refractivity contribution in [2.24, 2.45) is 0 Å². The van der Waals surface area contributed by atoms with Crippen molar-refractivity contribution in [3.63, 3.8) is 0 Å². The van der Waals surface area contributed by atoms with Gasteiger partial charge in [-0.25, -0.2) is 9.97 Å². The standard InChI is InChI=1S/C22H23N5O2/c1-4-25-14-18(20(28)17-10-9-15(3)24-21(17)25)22(29)26(5-2)13-16-12-23-19-8-6-7-11-27(16)19/h6-12,14H,4-5,13H2,1-3H3. The largest absolute Gasteiger partial charge is 0.333 e. The Morgan fingerprint density at radius 2 is 2.00 bits per heavy atom. The van der Waals surface area contributed by atoms with Gasteiger partial charge in [-0.15, -0.1) is 0 Å². The Morgan fingerprint density at radius 1 is 1.17 bits per heavy atom. The van der Waals surface area contributed by atoms with Crippen molar-refractivity contribution < 1.29 is 4.79 Å². The van der Waals surface area contributed by atoms with Gasteiger partial charge in [-0.05, 0) is 45.0 Å². The highest BCUT2D eigenvalue weighted by molar-refractivity contribution is 5.96. The summed E-state index contributed by atoms with van der Waals surface area (Å²) in [5, 5.41) is 0.467. The van der Waals surface area contributed by atoms with Crippen LogP contribution in [0.4, 0.5) is 0 Å². The Balaban J connectivity index is 1.76. The van der Waals surface area contributed by atoms with Crippen molar-refractivity contribution in [3.05, 3.63) is 76.1 Å². The normalized spacial score (nSPS) is 11.3. The van der Waals surface area contributed by atoms with E-state index in [1.807, 2.05) is 54.1 Å². The zero-order valence-electron chi connectivity index (χ0n) is 16.8. The van der Waals surface area contributed by atoms with Crippen molar-refractivity contribution in [1.82, 2.24) is 23.8 Å². The molecule has 0 unspecified atom stereocenters. The van der Waals surface area contributed by atoms with Crippen LogP contribution in [0.5, 0.6) is 0 Å². The number of rotatable bonds is 5. The van der Waals surface area contributed by atoms with Crippen molar-refractivity contribution in [2.75, 3.05) is 6.54 Å². The molecule has 0 aliphatic heterocycles. The number of amides is 1. The molecule has 0 aliphatic carbocycles. The van der Waals surface area contributed by atoms with E-state index >= 15 is 0 Å². The minimum absolute atomic E-state index is 0.167. The fourth-order valence-corrected chi connectivity index (χ4v) is 3.55. The van der Waals surface area contributed by atoms with Crippen molar-refractivity contribution >= 4 is 22.6 Å². The lowest BCUT2D eigenvalue weighted by molar-refractivity contribution is 0.0748. The number of imidazole rings is 1. The van der Waals surface area contributed by atoms with Crippen LogP contribution in [0, 0.1) is 6.92 Å². The van der Waals surface area contributed by atoms with Crippen LogP contribution < -0.4 is 5.43 Å². The molecular weight excluding hydrogens is 366 g/mol. The number of aromatic nitrogens is 4. The quantitative estimate of drug-likeness (QED) is 0.526. The Labute approximate surface area is 168 Å². The number of aryl methyl sites for hydroxylation is 2. The van der Waals surface area contributed by atoms with E-state index in [-0.39, 0.29) is 16.9 Å². The summed E-state index contributed by atoms with van der Waals surface area (Å²) < 4.78 is 3.81. The van der Waals surface area contributed by atoms with Gasteiger partial charge in [0.1, 0.15) is 16.9 Å². The van der Waals surface area contributed by atoms with Crippen LogP contribution in [0.2, 0.25) is 0 Å². The zero-order valence-corrected chi connectivity index (χ0v) is 16.8. The maximum atomic E-state index is 13.3. The molecule has 148 valence electrons. The summed E-state index contributed by atoms with van der Waals surface area (Å²) in [6, 6.07) is 9.32. The number of hydrogen-bond donors (Lipinski definition) is 0. The van der Waals surface area contributed by atoms with Gasteiger partial charge in [0.05, 0.1) is 23.8 Å². The zero-order chi connectivity index (χ0) is 20.5. The van der Waals surface area contributed by atoms with Crippen LogP contribution in [0.25, 0.3) is 16.7 Å². The molecule has 0 aromatic carbocycles. The number of pyridine rings is 3. The van der Waals surface area contributed by atoms with Crippen LogP contribution in [0.3, 0.4) is 0 Å². The lowest BCUT2D eigenvalue weighted by Gasteiger charge is -2.21. The fourth-order valence-electron chi connectivity index (χ4n) is 3.55. The van der Waals surface area contributed by atoms with Gasteiger partial charge in [-0.2, -0.15) is 0 Å². The minimum Gasteiger partial charge on any atom is -0.333 e. The number of hydrogen-bond acceptors (Lipinski definition) is 4. The number of nitrogens with zero attached hydrogens (tertiary/aromatic N) is 5. The van der Waals surface area contributed by atoms with Crippen LogP contribution in [0.15, 0.2) is 53.7 Å². The molecule has 0 bridgehead atoms. The van der Waals surface area contributed by atoms with Gasteiger partial charge in [-0.1, -0.05) is 6.07 Å². The molecule has 0 spiro atoms. The molecule has 0 saturated heterocycles. The third kappa shape index (κ3) is 3.29. The van der Waals surface area contributed by atoms with Crippen LogP contribution in [-0.2, 0) is 13.1 Å². The van der Waals surface area contributed by atoms with Gasteiger partial charge in [0, 0.05) is 31.2 Å². The van der Waals surface area contributed by atoms with Gasteiger partial charge in [0.25, 0.3) is 5.91 Å². The molecule has 7 nitrogen and oxygen atoms in total. The Kier molecular flexibility index (Phi) is 4.88. The first-order valence-corrected chi connectivity index (χ1v) is 9.74. The van der Waals surface area contributed by atoms with Gasteiger partial charge in [0.2, 0.25) is 5.43 Å². The van der Waals surface area contributed by atoms with E-state index in [0.717, 1.165) is 17.0 Å². The van der Waals surface area contributed by atoms with Crippen molar-refractivity contribution in [1.29, 1.82) is 0 Å². The summed E-state index contributed by atoms with van der Waals surface area (Å²) >= 11 is 0. The highest BCUT2D eigenvalue weighted by atomic mass is 16.2. The highest BCUT2D eigenvalue weighted by Gasteiger charge is 2.22. The smallest absolute Gasteiger partial charge is 0.259 e. The van der Waals surface area contributed by atoms with E-state index in [4.69, 9.17) is 0 Å². The Morgan fingerprint density at radius 3 is 2.76 bits per heavy atom. The Hall–Kier alpha value is -3.48. The fraction of sp³-hybridized carbons (Fsp3) is 0.273. The van der Waals surface area contributed by atoms with E-state index in [1.165, 1.54) is 0 Å². The predicted molar refractivity (Wildman–Crippen MR) is 112 cm³/mol. The Bertz CT molecular complexity index is 1270. The summed E-state index contributed by atoms with van der Waals surface area (Å²) in [4.78, 5) is 36.9. The van der Waals surface area contributed by atoms with E-state index in [0.29, 0.717) is 30.7 Å². The lowest BCUT2D eigenvalue weighted by Crippen LogP contribution is -2.34. The summed E-state index contributed by atoms with van der Waals surface area (Å²) in [6.45, 7) is 7.24. The average Bonchev–Trinajstić information content (AvgIpc) is 3.14. The minimum atomic E-state index is -0.284.